The van der Waals surface area contributed by atoms with Crippen molar-refractivity contribution in [3.63, 3.8) is 0 Å². The molecule has 3 nitrogen and oxygen atoms in total. The minimum atomic E-state index is -0.107. The number of rotatable bonds is 5. The van der Waals surface area contributed by atoms with Crippen molar-refractivity contribution in [2.45, 2.75) is 19.3 Å². The van der Waals surface area contributed by atoms with Gasteiger partial charge in [0.25, 0.3) is 0 Å². The molecule has 8 aromatic rings. The van der Waals surface area contributed by atoms with Crippen LogP contribution in [-0.2, 0) is 5.41 Å². The predicted molar refractivity (Wildman–Crippen MR) is 202 cm³/mol. The van der Waals surface area contributed by atoms with E-state index in [9.17, 15) is 0 Å². The highest BCUT2D eigenvalue weighted by atomic mass is 16.4. The first-order chi connectivity index (χ1) is 24.0. The minimum Gasteiger partial charge on any atom is -0.435 e. The molecule has 232 valence electrons. The third-order valence-electron chi connectivity index (χ3n) is 10.4. The highest BCUT2D eigenvalue weighted by molar-refractivity contribution is 6.13. The molecule has 0 saturated heterocycles. The highest BCUT2D eigenvalue weighted by Gasteiger charge is 2.36. The smallest absolute Gasteiger partial charge is 0.227 e. The number of benzene rings is 7. The van der Waals surface area contributed by atoms with Crippen LogP contribution in [0.1, 0.15) is 25.0 Å². The molecule has 0 spiro atoms. The van der Waals surface area contributed by atoms with Crippen LogP contribution in [0.4, 0.5) is 17.1 Å². The van der Waals surface area contributed by atoms with Crippen LogP contribution in [-0.4, -0.2) is 4.98 Å². The Labute approximate surface area is 285 Å². The molecule has 0 unspecified atom stereocenters. The van der Waals surface area contributed by atoms with Crippen molar-refractivity contribution in [1.82, 2.24) is 4.98 Å². The van der Waals surface area contributed by atoms with Gasteiger partial charge >= 0.3 is 0 Å². The van der Waals surface area contributed by atoms with Gasteiger partial charge in [-0.3, -0.25) is 0 Å². The number of hydrogen-bond acceptors (Lipinski definition) is 3. The average Bonchev–Trinajstić information content (AvgIpc) is 3.79. The largest absolute Gasteiger partial charge is 0.435 e. The SMILES string of the molecule is CC1(C)c2ccccc2-c2ccc(N(c3ccc(-c4ccccc4)cc3)c3cccc(-c4nc5c(o4)-c4cccc6cccc-5c46)c3)cc21. The van der Waals surface area contributed by atoms with Gasteiger partial charge in [0.05, 0.1) is 0 Å². The van der Waals surface area contributed by atoms with Crippen molar-refractivity contribution in [3.05, 3.63) is 169 Å². The van der Waals surface area contributed by atoms with Crippen LogP contribution in [0.15, 0.2) is 162 Å². The Morgan fingerprint density at radius 2 is 1.12 bits per heavy atom. The molecule has 2 aliphatic carbocycles. The van der Waals surface area contributed by atoms with Crippen LogP contribution < -0.4 is 4.90 Å². The van der Waals surface area contributed by atoms with Crippen LogP contribution in [0.5, 0.6) is 0 Å². The molecule has 2 aliphatic rings. The summed E-state index contributed by atoms with van der Waals surface area (Å²) < 4.78 is 6.59. The fourth-order valence-electron chi connectivity index (χ4n) is 8.03. The zero-order valence-electron chi connectivity index (χ0n) is 27.3. The number of oxazole rings is 1. The summed E-state index contributed by atoms with van der Waals surface area (Å²) in [4.78, 5) is 7.45. The first-order valence-electron chi connectivity index (χ1n) is 16.9. The maximum Gasteiger partial charge on any atom is 0.227 e. The van der Waals surface area contributed by atoms with Gasteiger partial charge in [-0.1, -0.05) is 129 Å². The Bertz CT molecular complexity index is 2520. The normalized spacial score (nSPS) is 13.3. The molecule has 0 aliphatic heterocycles. The number of hydrogen-bond donors (Lipinski definition) is 0. The summed E-state index contributed by atoms with van der Waals surface area (Å²) in [5.41, 5.74) is 15.0. The van der Waals surface area contributed by atoms with Crippen molar-refractivity contribution in [3.8, 4) is 56.3 Å². The molecule has 0 radical (unpaired) electrons. The monoisotopic (exact) mass is 628 g/mol. The maximum absolute atomic E-state index is 6.59. The van der Waals surface area contributed by atoms with E-state index in [0.717, 1.165) is 45.2 Å². The van der Waals surface area contributed by atoms with Gasteiger partial charge in [-0.15, -0.1) is 0 Å². The van der Waals surface area contributed by atoms with Crippen molar-refractivity contribution < 1.29 is 4.42 Å². The topological polar surface area (TPSA) is 29.3 Å². The Kier molecular flexibility index (Phi) is 5.92. The second kappa shape index (κ2) is 10.4. The van der Waals surface area contributed by atoms with Gasteiger partial charge in [0.15, 0.2) is 5.76 Å². The van der Waals surface area contributed by atoms with Gasteiger partial charge in [-0.2, -0.15) is 0 Å². The summed E-state index contributed by atoms with van der Waals surface area (Å²) in [5.74, 6) is 1.48. The first kappa shape index (κ1) is 27.9. The predicted octanol–water partition coefficient (Wildman–Crippen LogP) is 12.6. The third-order valence-corrected chi connectivity index (χ3v) is 10.4. The van der Waals surface area contributed by atoms with E-state index in [0.29, 0.717) is 5.89 Å². The van der Waals surface area contributed by atoms with Crippen LogP contribution in [0.2, 0.25) is 0 Å². The first-order valence-corrected chi connectivity index (χ1v) is 16.9. The van der Waals surface area contributed by atoms with Gasteiger partial charge in [-0.25, -0.2) is 4.98 Å². The average molecular weight is 629 g/mol. The molecule has 3 heteroatoms. The van der Waals surface area contributed by atoms with E-state index in [4.69, 9.17) is 9.40 Å². The quantitative estimate of drug-likeness (QED) is 0.190. The van der Waals surface area contributed by atoms with E-state index in [1.54, 1.807) is 0 Å². The molecule has 1 heterocycles. The van der Waals surface area contributed by atoms with Gasteiger partial charge in [0, 0.05) is 44.6 Å². The standard InChI is InChI=1S/C46H32N2O/c1-46(2)40-20-7-6-17-36(40)37-26-25-35(28-41(37)46)48(33-23-21-30(22-24-33)29-11-4-3-5-12-29)34-16-8-15-32(27-34)45-47-43-38-18-9-13-31-14-10-19-39(42(31)38)44(43)49-45/h3-28H,1-2H3. The molecule has 0 N–H and O–H groups in total. The van der Waals surface area contributed by atoms with Crippen LogP contribution in [0.25, 0.3) is 67.1 Å². The Hall–Kier alpha value is -6.19. The maximum atomic E-state index is 6.59. The lowest BCUT2D eigenvalue weighted by Crippen LogP contribution is -2.16. The Morgan fingerprint density at radius 1 is 0.490 bits per heavy atom. The van der Waals surface area contributed by atoms with E-state index in [2.05, 4.69) is 176 Å². The second-order valence-electron chi connectivity index (χ2n) is 13.6. The van der Waals surface area contributed by atoms with Gasteiger partial charge in [0.2, 0.25) is 5.89 Å². The fourth-order valence-corrected chi connectivity index (χ4v) is 8.03. The lowest BCUT2D eigenvalue weighted by Gasteiger charge is -2.28. The van der Waals surface area contributed by atoms with E-state index < -0.39 is 0 Å². The van der Waals surface area contributed by atoms with Crippen LogP contribution in [0, 0.1) is 0 Å². The number of fused-ring (bicyclic) bond motifs is 6. The zero-order valence-corrected chi connectivity index (χ0v) is 27.3. The molecule has 0 fully saturated rings. The number of aromatic nitrogens is 1. The highest BCUT2D eigenvalue weighted by Crippen LogP contribution is 2.51. The lowest BCUT2D eigenvalue weighted by atomic mass is 9.82. The van der Waals surface area contributed by atoms with E-state index in [-0.39, 0.29) is 5.41 Å². The van der Waals surface area contributed by atoms with E-state index in [1.807, 2.05) is 0 Å². The molecule has 0 atom stereocenters. The molecule has 7 aromatic carbocycles. The number of anilines is 3. The Balaban J connectivity index is 1.10. The van der Waals surface area contributed by atoms with Crippen molar-refractivity contribution in [2.75, 3.05) is 4.90 Å². The molecule has 0 saturated carbocycles. The van der Waals surface area contributed by atoms with Gasteiger partial charge < -0.3 is 9.32 Å². The summed E-state index contributed by atoms with van der Waals surface area (Å²) in [6, 6.07) is 56.5. The molecule has 49 heavy (non-hydrogen) atoms. The molecule has 0 amide bonds. The third kappa shape index (κ3) is 4.19. The van der Waals surface area contributed by atoms with Crippen molar-refractivity contribution >= 4 is 27.8 Å². The zero-order chi connectivity index (χ0) is 32.7. The summed E-state index contributed by atoms with van der Waals surface area (Å²) in [6.07, 6.45) is 0. The van der Waals surface area contributed by atoms with Crippen LogP contribution in [0.3, 0.4) is 0 Å². The molecule has 10 rings (SSSR count). The fraction of sp³-hybridized carbons (Fsp3) is 0.0652. The van der Waals surface area contributed by atoms with Crippen molar-refractivity contribution in [1.29, 1.82) is 0 Å². The molecule has 0 bridgehead atoms. The Morgan fingerprint density at radius 3 is 1.96 bits per heavy atom. The van der Waals surface area contributed by atoms with Gasteiger partial charge in [-0.05, 0) is 81.2 Å². The minimum absolute atomic E-state index is 0.107. The summed E-state index contributed by atoms with van der Waals surface area (Å²) in [7, 11) is 0. The summed E-state index contributed by atoms with van der Waals surface area (Å²) in [6.45, 7) is 4.67. The summed E-state index contributed by atoms with van der Waals surface area (Å²) in [5, 5.41) is 2.43. The van der Waals surface area contributed by atoms with Crippen LogP contribution >= 0.6 is 0 Å². The second-order valence-corrected chi connectivity index (χ2v) is 13.6. The summed E-state index contributed by atoms with van der Waals surface area (Å²) >= 11 is 0. The number of nitrogens with zero attached hydrogens (tertiary/aromatic N) is 2. The molecular weight excluding hydrogens is 597 g/mol. The van der Waals surface area contributed by atoms with Gasteiger partial charge in [0.1, 0.15) is 5.69 Å². The van der Waals surface area contributed by atoms with E-state index in [1.165, 1.54) is 44.2 Å². The molecular formula is C46H32N2O. The lowest BCUT2D eigenvalue weighted by molar-refractivity contribution is 0.590. The van der Waals surface area contributed by atoms with E-state index >= 15 is 0 Å². The molecule has 1 aromatic heterocycles. The van der Waals surface area contributed by atoms with Crippen molar-refractivity contribution in [2.24, 2.45) is 0 Å².